The van der Waals surface area contributed by atoms with Crippen molar-refractivity contribution >= 4 is 11.9 Å². The Hall–Kier alpha value is -2.73. The molecule has 2 aromatic carbocycles. The number of benzene rings is 2. The normalized spacial score (nSPS) is 17.5. The average molecular weight is 329 g/mol. The number of carbonyl (C=O) groups is 2. The number of halogens is 1. The molecule has 1 heterocycles. The second kappa shape index (κ2) is 6.80. The maximum atomic E-state index is 13.4. The lowest BCUT2D eigenvalue weighted by Crippen LogP contribution is -2.42. The molecule has 0 saturated carbocycles. The van der Waals surface area contributed by atoms with E-state index >= 15 is 0 Å². The second-order valence-electron chi connectivity index (χ2n) is 5.55. The van der Waals surface area contributed by atoms with E-state index in [1.165, 1.54) is 24.3 Å². The van der Waals surface area contributed by atoms with Crippen LogP contribution in [0.4, 0.5) is 4.39 Å². The predicted molar refractivity (Wildman–Crippen MR) is 84.4 cm³/mol. The first-order valence-corrected chi connectivity index (χ1v) is 7.54. The molecule has 124 valence electrons. The number of rotatable bonds is 3. The fourth-order valence-corrected chi connectivity index (χ4v) is 2.71. The number of ether oxygens (including phenoxy) is 1. The highest BCUT2D eigenvalue weighted by Crippen LogP contribution is 2.24. The molecule has 0 aliphatic carbocycles. The third kappa shape index (κ3) is 3.44. The van der Waals surface area contributed by atoms with E-state index in [-0.39, 0.29) is 17.3 Å². The summed E-state index contributed by atoms with van der Waals surface area (Å²) < 4.78 is 19.0. The van der Waals surface area contributed by atoms with Crippen molar-refractivity contribution in [2.45, 2.75) is 6.10 Å². The number of morpholine rings is 1. The fourth-order valence-electron chi connectivity index (χ4n) is 2.71. The molecule has 0 unspecified atom stereocenters. The Kier molecular flexibility index (Phi) is 4.57. The molecule has 1 fully saturated rings. The molecule has 1 aliphatic heterocycles. The number of hydrogen-bond donors (Lipinski definition) is 1. The van der Waals surface area contributed by atoms with Crippen LogP contribution >= 0.6 is 0 Å². The van der Waals surface area contributed by atoms with Crippen LogP contribution in [0.25, 0.3) is 0 Å². The Morgan fingerprint density at radius 2 is 1.88 bits per heavy atom. The molecule has 1 atom stereocenters. The zero-order valence-corrected chi connectivity index (χ0v) is 12.8. The lowest BCUT2D eigenvalue weighted by Gasteiger charge is -2.33. The zero-order valence-electron chi connectivity index (χ0n) is 12.8. The summed E-state index contributed by atoms with van der Waals surface area (Å²) in [4.78, 5) is 25.3. The Balaban J connectivity index is 1.78. The summed E-state index contributed by atoms with van der Waals surface area (Å²) in [7, 11) is 0. The van der Waals surface area contributed by atoms with Crippen molar-refractivity contribution in [1.29, 1.82) is 0 Å². The molecule has 0 bridgehead atoms. The molecule has 1 amide bonds. The largest absolute Gasteiger partial charge is 0.478 e. The molecule has 2 aromatic rings. The smallest absolute Gasteiger partial charge is 0.335 e. The van der Waals surface area contributed by atoms with Gasteiger partial charge in [0.05, 0.1) is 18.7 Å². The number of hydrogen-bond acceptors (Lipinski definition) is 3. The number of nitrogens with zero attached hydrogens (tertiary/aromatic N) is 1. The van der Waals surface area contributed by atoms with Crippen LogP contribution in [0.1, 0.15) is 32.4 Å². The van der Waals surface area contributed by atoms with Gasteiger partial charge in [-0.15, -0.1) is 0 Å². The van der Waals surface area contributed by atoms with Crippen molar-refractivity contribution in [3.05, 3.63) is 71.0 Å². The predicted octanol–water partition coefficient (Wildman–Crippen LogP) is 2.74. The van der Waals surface area contributed by atoms with Crippen LogP contribution in [-0.2, 0) is 4.74 Å². The summed E-state index contributed by atoms with van der Waals surface area (Å²) in [6.45, 7) is 1.03. The van der Waals surface area contributed by atoms with Crippen LogP contribution in [0, 0.1) is 5.82 Å². The molecule has 24 heavy (non-hydrogen) atoms. The van der Waals surface area contributed by atoms with Gasteiger partial charge in [-0.2, -0.15) is 0 Å². The van der Waals surface area contributed by atoms with Crippen molar-refractivity contribution in [2.24, 2.45) is 0 Å². The molecule has 3 rings (SSSR count). The molecular formula is C18H16FNO4. The van der Waals surface area contributed by atoms with Crippen LogP contribution in [0.3, 0.4) is 0 Å². The van der Waals surface area contributed by atoms with Gasteiger partial charge in [-0.1, -0.05) is 18.2 Å². The van der Waals surface area contributed by atoms with Crippen molar-refractivity contribution in [1.82, 2.24) is 4.90 Å². The Labute approximate surface area is 138 Å². The Morgan fingerprint density at radius 1 is 1.12 bits per heavy atom. The third-order valence-corrected chi connectivity index (χ3v) is 3.93. The van der Waals surface area contributed by atoms with Gasteiger partial charge in [-0.3, -0.25) is 4.79 Å². The highest BCUT2D eigenvalue weighted by Gasteiger charge is 2.26. The summed E-state index contributed by atoms with van der Waals surface area (Å²) >= 11 is 0. The Morgan fingerprint density at radius 3 is 2.62 bits per heavy atom. The molecule has 1 aliphatic rings. The summed E-state index contributed by atoms with van der Waals surface area (Å²) in [5.41, 5.74) is 1.05. The molecule has 0 spiro atoms. The van der Waals surface area contributed by atoms with Gasteiger partial charge in [0.15, 0.2) is 0 Å². The van der Waals surface area contributed by atoms with E-state index in [4.69, 9.17) is 9.84 Å². The minimum Gasteiger partial charge on any atom is -0.478 e. The van der Waals surface area contributed by atoms with E-state index < -0.39 is 12.1 Å². The van der Waals surface area contributed by atoms with Crippen LogP contribution < -0.4 is 0 Å². The molecule has 6 heteroatoms. The molecule has 0 radical (unpaired) electrons. The summed E-state index contributed by atoms with van der Waals surface area (Å²) in [5, 5.41) is 9.04. The van der Waals surface area contributed by atoms with E-state index in [1.807, 2.05) is 0 Å². The summed E-state index contributed by atoms with van der Waals surface area (Å²) in [5.74, 6) is -1.69. The highest BCUT2D eigenvalue weighted by molar-refractivity contribution is 5.97. The number of aromatic carboxylic acids is 1. The van der Waals surface area contributed by atoms with Gasteiger partial charge >= 0.3 is 5.97 Å². The quantitative estimate of drug-likeness (QED) is 0.940. The van der Waals surface area contributed by atoms with Crippen LogP contribution in [0.15, 0.2) is 48.5 Å². The van der Waals surface area contributed by atoms with Gasteiger partial charge in [0.2, 0.25) is 0 Å². The first kappa shape index (κ1) is 16.1. The van der Waals surface area contributed by atoms with Crippen molar-refractivity contribution in [3.63, 3.8) is 0 Å². The van der Waals surface area contributed by atoms with Gasteiger partial charge in [0.1, 0.15) is 11.9 Å². The minimum absolute atomic E-state index is 0.0655. The summed E-state index contributed by atoms with van der Waals surface area (Å²) in [6, 6.07) is 12.0. The standard InChI is InChI=1S/C18H16FNO4/c19-15-6-2-3-12(10-15)16-11-20(7-8-24-16)17(21)13-4-1-5-14(9-13)18(22)23/h1-6,9-10,16H,7-8,11H2,(H,22,23)/t16-/m1/s1. The van der Waals surface area contributed by atoms with Gasteiger partial charge < -0.3 is 14.7 Å². The maximum Gasteiger partial charge on any atom is 0.335 e. The minimum atomic E-state index is -1.08. The second-order valence-corrected chi connectivity index (χ2v) is 5.55. The van der Waals surface area contributed by atoms with Gasteiger partial charge in [-0.25, -0.2) is 9.18 Å². The summed E-state index contributed by atoms with van der Waals surface area (Å²) in [6.07, 6.45) is -0.402. The van der Waals surface area contributed by atoms with Crippen LogP contribution in [-0.4, -0.2) is 41.6 Å². The average Bonchev–Trinajstić information content (AvgIpc) is 2.61. The van der Waals surface area contributed by atoms with Gasteiger partial charge in [0, 0.05) is 12.1 Å². The highest BCUT2D eigenvalue weighted by atomic mass is 19.1. The van der Waals surface area contributed by atoms with E-state index in [0.717, 1.165) is 0 Å². The maximum absolute atomic E-state index is 13.4. The van der Waals surface area contributed by atoms with E-state index in [1.54, 1.807) is 29.2 Å². The third-order valence-electron chi connectivity index (χ3n) is 3.93. The Bertz CT molecular complexity index is 777. The molecule has 1 saturated heterocycles. The van der Waals surface area contributed by atoms with Gasteiger partial charge in [0.25, 0.3) is 5.91 Å². The first-order valence-electron chi connectivity index (χ1n) is 7.54. The van der Waals surface area contributed by atoms with Crippen molar-refractivity contribution in [2.75, 3.05) is 19.7 Å². The molecule has 1 N–H and O–H groups in total. The lowest BCUT2D eigenvalue weighted by molar-refractivity contribution is -0.0229. The number of amides is 1. The van der Waals surface area contributed by atoms with E-state index in [0.29, 0.717) is 30.8 Å². The zero-order chi connectivity index (χ0) is 17.1. The first-order chi connectivity index (χ1) is 11.5. The molecular weight excluding hydrogens is 313 g/mol. The number of carbonyl (C=O) groups excluding carboxylic acids is 1. The monoisotopic (exact) mass is 329 g/mol. The number of carboxylic acid groups (broad SMARTS) is 1. The molecule has 0 aromatic heterocycles. The topological polar surface area (TPSA) is 66.8 Å². The van der Waals surface area contributed by atoms with E-state index in [2.05, 4.69) is 0 Å². The van der Waals surface area contributed by atoms with Crippen molar-refractivity contribution < 1.29 is 23.8 Å². The van der Waals surface area contributed by atoms with Crippen LogP contribution in [0.5, 0.6) is 0 Å². The van der Waals surface area contributed by atoms with Crippen LogP contribution in [0.2, 0.25) is 0 Å². The van der Waals surface area contributed by atoms with E-state index in [9.17, 15) is 14.0 Å². The molecule has 5 nitrogen and oxygen atoms in total. The number of carboxylic acids is 1. The lowest BCUT2D eigenvalue weighted by atomic mass is 10.1. The van der Waals surface area contributed by atoms with Crippen molar-refractivity contribution in [3.8, 4) is 0 Å². The SMILES string of the molecule is O=C(O)c1cccc(C(=O)N2CCO[C@@H](c3cccc(F)c3)C2)c1. The fraction of sp³-hybridized carbons (Fsp3) is 0.222. The van der Waals surface area contributed by atoms with Gasteiger partial charge in [-0.05, 0) is 35.9 Å².